The molecular weight excluding hydrogens is 252 g/mol. The van der Waals surface area contributed by atoms with E-state index in [1.165, 1.54) is 10.5 Å². The molecule has 2 rings (SSSR count). The highest BCUT2D eigenvalue weighted by Crippen LogP contribution is 2.07. The van der Waals surface area contributed by atoms with Crippen molar-refractivity contribution in [2.24, 2.45) is 0 Å². The number of ether oxygens (including phenoxy) is 1. The fraction of sp³-hybridized carbons (Fsp3) is 0.562. The summed E-state index contributed by atoms with van der Waals surface area (Å²) in [4.78, 5) is 13.2. The normalized spacial score (nSPS) is 22.6. The smallest absolute Gasteiger partial charge is 0.408 e. The molecule has 2 atom stereocenters. The van der Waals surface area contributed by atoms with Crippen LogP contribution in [-0.2, 0) is 11.3 Å². The average Bonchev–Trinajstić information content (AvgIpc) is 2.75. The topological polar surface area (TPSA) is 42.8 Å². The molecule has 0 aliphatic carbocycles. The number of amides is 1. The van der Waals surface area contributed by atoms with Crippen LogP contribution in [0, 0.1) is 0 Å². The van der Waals surface area contributed by atoms with E-state index in [0.29, 0.717) is 0 Å². The van der Waals surface area contributed by atoms with E-state index < -0.39 is 5.60 Å². The molecule has 4 nitrogen and oxygen atoms in total. The standard InChI is InChI=1S/C16H24N2O2/c1-16(2,3)20-15(19)17-14-9-10-18(12-14)11-13-7-5-4-6-8-13/h4-8,14H,9-12H2,1-3H3,(H,17,19)/p+1/t14-/m0/s1. The molecular formula is C16H25N2O2+. The summed E-state index contributed by atoms with van der Waals surface area (Å²) < 4.78 is 5.29. The number of hydrogen-bond acceptors (Lipinski definition) is 2. The zero-order valence-corrected chi connectivity index (χ0v) is 12.6. The van der Waals surface area contributed by atoms with Gasteiger partial charge in [-0.25, -0.2) is 4.79 Å². The summed E-state index contributed by atoms with van der Waals surface area (Å²) in [5.74, 6) is 0. The summed E-state index contributed by atoms with van der Waals surface area (Å²) in [6.07, 6.45) is 0.713. The minimum atomic E-state index is -0.431. The van der Waals surface area contributed by atoms with Gasteiger partial charge in [-0.3, -0.25) is 0 Å². The van der Waals surface area contributed by atoms with Crippen LogP contribution in [0.5, 0.6) is 0 Å². The predicted octanol–water partition coefficient (Wildman–Crippen LogP) is 1.37. The van der Waals surface area contributed by atoms with Gasteiger partial charge in [-0.2, -0.15) is 0 Å². The maximum absolute atomic E-state index is 11.7. The van der Waals surface area contributed by atoms with E-state index in [9.17, 15) is 4.79 Å². The molecule has 1 aliphatic rings. The van der Waals surface area contributed by atoms with Crippen LogP contribution in [0.4, 0.5) is 4.79 Å². The first-order valence-corrected chi connectivity index (χ1v) is 7.29. The number of rotatable bonds is 3. The number of nitrogens with one attached hydrogen (secondary N) is 2. The van der Waals surface area contributed by atoms with Gasteiger partial charge in [0.25, 0.3) is 0 Å². The van der Waals surface area contributed by atoms with Crippen molar-refractivity contribution in [3.05, 3.63) is 35.9 Å². The molecule has 1 unspecified atom stereocenters. The lowest BCUT2D eigenvalue weighted by Gasteiger charge is -2.21. The first-order valence-electron chi connectivity index (χ1n) is 7.29. The minimum absolute atomic E-state index is 0.226. The maximum atomic E-state index is 11.7. The number of hydrogen-bond donors (Lipinski definition) is 2. The Balaban J connectivity index is 1.77. The number of likely N-dealkylation sites (tertiary alicyclic amines) is 1. The highest BCUT2D eigenvalue weighted by atomic mass is 16.6. The lowest BCUT2D eigenvalue weighted by Crippen LogP contribution is -3.09. The molecule has 0 saturated carbocycles. The summed E-state index contributed by atoms with van der Waals surface area (Å²) in [5, 5.41) is 2.97. The third kappa shape index (κ3) is 4.85. The Hall–Kier alpha value is -1.55. The molecule has 1 aromatic rings. The van der Waals surface area contributed by atoms with Crippen molar-refractivity contribution in [2.75, 3.05) is 13.1 Å². The molecule has 1 aliphatic heterocycles. The van der Waals surface area contributed by atoms with Gasteiger partial charge in [-0.05, 0) is 20.8 Å². The van der Waals surface area contributed by atoms with Crippen LogP contribution in [0.3, 0.4) is 0 Å². The van der Waals surface area contributed by atoms with E-state index in [2.05, 4.69) is 29.6 Å². The van der Waals surface area contributed by atoms with E-state index in [4.69, 9.17) is 4.74 Å². The third-order valence-electron chi connectivity index (χ3n) is 3.40. The number of carbonyl (C=O) groups excluding carboxylic acids is 1. The zero-order valence-electron chi connectivity index (χ0n) is 12.6. The van der Waals surface area contributed by atoms with Crippen molar-refractivity contribution in [3.63, 3.8) is 0 Å². The Morgan fingerprint density at radius 3 is 2.70 bits per heavy atom. The van der Waals surface area contributed by atoms with Crippen molar-refractivity contribution in [1.82, 2.24) is 5.32 Å². The molecule has 0 aromatic heterocycles. The van der Waals surface area contributed by atoms with Crippen molar-refractivity contribution in [3.8, 4) is 0 Å². The van der Waals surface area contributed by atoms with Crippen molar-refractivity contribution >= 4 is 6.09 Å². The third-order valence-corrected chi connectivity index (χ3v) is 3.40. The first-order chi connectivity index (χ1) is 9.42. The second-order valence-corrected chi connectivity index (χ2v) is 6.50. The van der Waals surface area contributed by atoms with Gasteiger partial charge >= 0.3 is 6.09 Å². The molecule has 1 fully saturated rings. The molecule has 1 amide bonds. The summed E-state index contributed by atoms with van der Waals surface area (Å²) >= 11 is 0. The molecule has 0 radical (unpaired) electrons. The molecule has 1 aromatic carbocycles. The number of alkyl carbamates (subject to hydrolysis) is 1. The quantitative estimate of drug-likeness (QED) is 0.876. The molecule has 20 heavy (non-hydrogen) atoms. The van der Waals surface area contributed by atoms with Gasteiger partial charge < -0.3 is 15.0 Å². The first kappa shape index (κ1) is 14.9. The van der Waals surface area contributed by atoms with Gasteiger partial charge in [0.05, 0.1) is 19.1 Å². The molecule has 1 heterocycles. The molecule has 0 spiro atoms. The lowest BCUT2D eigenvalue weighted by atomic mass is 10.2. The van der Waals surface area contributed by atoms with E-state index in [-0.39, 0.29) is 12.1 Å². The fourth-order valence-electron chi connectivity index (χ4n) is 2.57. The zero-order chi connectivity index (χ0) is 14.6. The van der Waals surface area contributed by atoms with Gasteiger partial charge in [-0.15, -0.1) is 0 Å². The fourth-order valence-corrected chi connectivity index (χ4v) is 2.57. The van der Waals surface area contributed by atoms with Crippen LogP contribution >= 0.6 is 0 Å². The lowest BCUT2D eigenvalue weighted by molar-refractivity contribution is -0.901. The molecule has 0 bridgehead atoms. The molecule has 4 heteroatoms. The van der Waals surface area contributed by atoms with Crippen LogP contribution in [0.1, 0.15) is 32.8 Å². The summed E-state index contributed by atoms with van der Waals surface area (Å²) in [6, 6.07) is 10.7. The molecule has 2 N–H and O–H groups in total. The number of quaternary nitrogens is 1. The molecule has 1 saturated heterocycles. The predicted molar refractivity (Wildman–Crippen MR) is 78.6 cm³/mol. The van der Waals surface area contributed by atoms with E-state index >= 15 is 0 Å². The van der Waals surface area contributed by atoms with Gasteiger partial charge in [0.2, 0.25) is 0 Å². The van der Waals surface area contributed by atoms with Crippen LogP contribution in [-0.4, -0.2) is 30.8 Å². The second kappa shape index (κ2) is 6.27. The Labute approximate surface area is 121 Å². The van der Waals surface area contributed by atoms with Gasteiger partial charge in [0.15, 0.2) is 0 Å². The summed E-state index contributed by atoms with van der Waals surface area (Å²) in [5.41, 5.74) is 0.916. The largest absolute Gasteiger partial charge is 0.444 e. The van der Waals surface area contributed by atoms with Crippen molar-refractivity contribution < 1.29 is 14.4 Å². The Kier molecular flexibility index (Phi) is 4.65. The summed E-state index contributed by atoms with van der Waals surface area (Å²) in [6.45, 7) is 8.73. The van der Waals surface area contributed by atoms with Crippen LogP contribution in [0.2, 0.25) is 0 Å². The van der Waals surface area contributed by atoms with E-state index in [1.54, 1.807) is 0 Å². The van der Waals surface area contributed by atoms with Crippen molar-refractivity contribution in [2.45, 2.75) is 45.4 Å². The Morgan fingerprint density at radius 2 is 2.05 bits per heavy atom. The molecule has 110 valence electrons. The Morgan fingerprint density at radius 1 is 1.35 bits per heavy atom. The van der Waals surface area contributed by atoms with Gasteiger partial charge in [-0.1, -0.05) is 30.3 Å². The van der Waals surface area contributed by atoms with Crippen molar-refractivity contribution in [1.29, 1.82) is 0 Å². The van der Waals surface area contributed by atoms with Gasteiger partial charge in [0.1, 0.15) is 12.1 Å². The van der Waals surface area contributed by atoms with Gasteiger partial charge in [0, 0.05) is 12.0 Å². The maximum Gasteiger partial charge on any atom is 0.408 e. The Bertz CT molecular complexity index is 440. The van der Waals surface area contributed by atoms with E-state index in [1.807, 2.05) is 26.8 Å². The second-order valence-electron chi connectivity index (χ2n) is 6.50. The minimum Gasteiger partial charge on any atom is -0.444 e. The highest BCUT2D eigenvalue weighted by molar-refractivity contribution is 5.68. The summed E-state index contributed by atoms with van der Waals surface area (Å²) in [7, 11) is 0. The van der Waals surface area contributed by atoms with E-state index in [0.717, 1.165) is 26.1 Å². The average molecular weight is 277 g/mol. The number of carbonyl (C=O) groups is 1. The van der Waals surface area contributed by atoms with Crippen LogP contribution in [0.15, 0.2) is 30.3 Å². The van der Waals surface area contributed by atoms with Crippen LogP contribution in [0.25, 0.3) is 0 Å². The monoisotopic (exact) mass is 277 g/mol. The SMILES string of the molecule is CC(C)(C)OC(=O)N[C@H]1CC[NH+](Cc2ccccc2)C1. The van der Waals surface area contributed by atoms with Crippen LogP contribution < -0.4 is 10.2 Å². The number of benzene rings is 1. The highest BCUT2D eigenvalue weighted by Gasteiger charge is 2.28.